The minimum Gasteiger partial charge on any atom is -0.392 e. The molecule has 0 bridgehead atoms. The highest BCUT2D eigenvalue weighted by Gasteiger charge is 2.15. The van der Waals surface area contributed by atoms with Gasteiger partial charge in [-0.1, -0.05) is 13.8 Å². The molecular weight excluding hydrogens is 288 g/mol. The third-order valence-electron chi connectivity index (χ3n) is 2.67. The molecule has 1 aromatic heterocycles. The van der Waals surface area contributed by atoms with E-state index in [1.165, 1.54) is 5.69 Å². The van der Waals surface area contributed by atoms with E-state index in [1.54, 1.807) is 11.8 Å². The number of rotatable bonds is 5. The van der Waals surface area contributed by atoms with Gasteiger partial charge in [-0.25, -0.2) is 0 Å². The van der Waals surface area contributed by atoms with Gasteiger partial charge in [-0.3, -0.25) is 4.68 Å². The van der Waals surface area contributed by atoms with Crippen LogP contribution in [0.5, 0.6) is 0 Å². The van der Waals surface area contributed by atoms with E-state index in [4.69, 9.17) is 0 Å². The summed E-state index contributed by atoms with van der Waals surface area (Å²) in [4.78, 5) is 0. The van der Waals surface area contributed by atoms with E-state index < -0.39 is 0 Å². The van der Waals surface area contributed by atoms with Gasteiger partial charge in [0.15, 0.2) is 0 Å². The normalized spacial score (nSPS) is 15.1. The Morgan fingerprint density at radius 1 is 1.50 bits per heavy atom. The maximum atomic E-state index is 9.43. The molecule has 5 heteroatoms. The lowest BCUT2D eigenvalue weighted by Crippen LogP contribution is -2.15. The summed E-state index contributed by atoms with van der Waals surface area (Å²) < 4.78 is 3.04. The molecule has 0 saturated heterocycles. The first-order valence-corrected chi connectivity index (χ1v) is 7.31. The number of aliphatic hydroxyl groups excluding tert-OH is 1. The summed E-state index contributed by atoms with van der Waals surface area (Å²) in [5.41, 5.74) is 2.29. The minimum absolute atomic E-state index is 0.242. The van der Waals surface area contributed by atoms with Crippen LogP contribution in [-0.4, -0.2) is 26.2 Å². The van der Waals surface area contributed by atoms with Gasteiger partial charge in [-0.2, -0.15) is 5.10 Å². The first kappa shape index (κ1) is 14.1. The summed E-state index contributed by atoms with van der Waals surface area (Å²) in [5.74, 6) is 0.871. The lowest BCUT2D eigenvalue weighted by atomic mass is 10.3. The van der Waals surface area contributed by atoms with Gasteiger partial charge >= 0.3 is 0 Å². The highest BCUT2D eigenvalue weighted by atomic mass is 79.9. The predicted molar refractivity (Wildman–Crippen MR) is 72.7 cm³/mol. The van der Waals surface area contributed by atoms with Crippen LogP contribution in [-0.2, 0) is 19.2 Å². The van der Waals surface area contributed by atoms with Crippen molar-refractivity contribution >= 4 is 27.7 Å². The average molecular weight is 307 g/mol. The Kier molecular flexibility index (Phi) is 5.34. The van der Waals surface area contributed by atoms with Crippen molar-refractivity contribution in [2.75, 3.05) is 0 Å². The molecular formula is C11H19BrN2OS. The van der Waals surface area contributed by atoms with Gasteiger partial charge in [0.1, 0.15) is 0 Å². The monoisotopic (exact) mass is 306 g/mol. The van der Waals surface area contributed by atoms with Crippen LogP contribution >= 0.6 is 27.7 Å². The average Bonchev–Trinajstić information content (AvgIpc) is 2.51. The quantitative estimate of drug-likeness (QED) is 0.909. The standard InChI is InChI=1S/C11H19BrN2OS/c1-5-9-11(12)10(14(4)13-9)6-16-8(3)7(2)15/h7-8,15H,5-6H2,1-4H3. The maximum absolute atomic E-state index is 9.43. The van der Waals surface area contributed by atoms with E-state index in [2.05, 4.69) is 28.0 Å². The van der Waals surface area contributed by atoms with Gasteiger partial charge < -0.3 is 5.11 Å². The number of aryl methyl sites for hydroxylation is 2. The molecule has 16 heavy (non-hydrogen) atoms. The predicted octanol–water partition coefficient (Wildman–Crippen LogP) is 2.75. The summed E-state index contributed by atoms with van der Waals surface area (Å²) in [7, 11) is 1.97. The largest absolute Gasteiger partial charge is 0.392 e. The van der Waals surface area contributed by atoms with Gasteiger partial charge in [-0.05, 0) is 29.3 Å². The van der Waals surface area contributed by atoms with E-state index in [0.29, 0.717) is 0 Å². The van der Waals surface area contributed by atoms with Crippen molar-refractivity contribution in [3.05, 3.63) is 15.9 Å². The van der Waals surface area contributed by atoms with Crippen molar-refractivity contribution in [3.8, 4) is 0 Å². The lowest BCUT2D eigenvalue weighted by Gasteiger charge is -2.14. The molecule has 1 aromatic rings. The van der Waals surface area contributed by atoms with Gasteiger partial charge in [0.2, 0.25) is 0 Å². The number of nitrogens with zero attached hydrogens (tertiary/aromatic N) is 2. The van der Waals surface area contributed by atoms with Crippen LogP contribution < -0.4 is 0 Å². The van der Waals surface area contributed by atoms with E-state index in [-0.39, 0.29) is 11.4 Å². The minimum atomic E-state index is -0.275. The third-order valence-corrected chi connectivity index (χ3v) is 4.94. The smallest absolute Gasteiger partial charge is 0.0767 e. The lowest BCUT2D eigenvalue weighted by molar-refractivity contribution is 0.196. The second-order valence-corrected chi connectivity index (χ2v) is 6.10. The van der Waals surface area contributed by atoms with Crippen LogP contribution in [0.4, 0.5) is 0 Å². The Hall–Kier alpha value is -0.0000000000000000555. The van der Waals surface area contributed by atoms with Crippen LogP contribution in [0.15, 0.2) is 4.47 Å². The number of hydrogen-bond acceptors (Lipinski definition) is 3. The molecule has 0 aliphatic rings. The number of halogens is 1. The zero-order valence-electron chi connectivity index (χ0n) is 10.2. The van der Waals surface area contributed by atoms with E-state index in [1.807, 2.05) is 25.6 Å². The summed E-state index contributed by atoms with van der Waals surface area (Å²) >= 11 is 5.34. The van der Waals surface area contributed by atoms with E-state index in [0.717, 1.165) is 22.3 Å². The summed E-state index contributed by atoms with van der Waals surface area (Å²) in [5, 5.41) is 14.1. The molecule has 1 N–H and O–H groups in total. The highest BCUT2D eigenvalue weighted by Crippen LogP contribution is 2.27. The number of hydrogen-bond donors (Lipinski definition) is 1. The molecule has 3 nitrogen and oxygen atoms in total. The SMILES string of the molecule is CCc1nn(C)c(CSC(C)C(C)O)c1Br. The molecule has 0 radical (unpaired) electrons. The van der Waals surface area contributed by atoms with Crippen molar-refractivity contribution in [3.63, 3.8) is 0 Å². The van der Waals surface area contributed by atoms with E-state index in [9.17, 15) is 5.11 Å². The van der Waals surface area contributed by atoms with Crippen LogP contribution in [0.25, 0.3) is 0 Å². The molecule has 92 valence electrons. The van der Waals surface area contributed by atoms with Crippen LogP contribution in [0.1, 0.15) is 32.2 Å². The van der Waals surface area contributed by atoms with Crippen LogP contribution in [0.3, 0.4) is 0 Å². The molecule has 0 amide bonds. The fourth-order valence-electron chi connectivity index (χ4n) is 1.33. The Balaban J connectivity index is 2.70. The van der Waals surface area contributed by atoms with Crippen LogP contribution in [0.2, 0.25) is 0 Å². The molecule has 2 atom stereocenters. The molecule has 0 spiro atoms. The molecule has 0 aliphatic heterocycles. The summed E-state index contributed by atoms with van der Waals surface area (Å²) in [6.07, 6.45) is 0.660. The van der Waals surface area contributed by atoms with Crippen molar-refractivity contribution < 1.29 is 5.11 Å². The molecule has 1 heterocycles. The number of aromatic nitrogens is 2. The molecule has 0 saturated carbocycles. The van der Waals surface area contributed by atoms with Gasteiger partial charge in [-0.15, -0.1) is 11.8 Å². The first-order chi connectivity index (χ1) is 7.47. The Morgan fingerprint density at radius 2 is 2.12 bits per heavy atom. The molecule has 1 rings (SSSR count). The third kappa shape index (κ3) is 3.25. The van der Waals surface area contributed by atoms with Gasteiger partial charge in [0, 0.05) is 18.1 Å². The zero-order valence-corrected chi connectivity index (χ0v) is 12.6. The molecule has 0 aromatic carbocycles. The second kappa shape index (κ2) is 6.07. The molecule has 0 fully saturated rings. The fraction of sp³-hybridized carbons (Fsp3) is 0.727. The van der Waals surface area contributed by atoms with Crippen molar-refractivity contribution in [2.24, 2.45) is 7.05 Å². The number of thioether (sulfide) groups is 1. The van der Waals surface area contributed by atoms with E-state index >= 15 is 0 Å². The van der Waals surface area contributed by atoms with Crippen molar-refractivity contribution in [1.29, 1.82) is 0 Å². The molecule has 2 unspecified atom stereocenters. The Morgan fingerprint density at radius 3 is 2.56 bits per heavy atom. The first-order valence-electron chi connectivity index (χ1n) is 5.47. The van der Waals surface area contributed by atoms with Crippen molar-refractivity contribution in [1.82, 2.24) is 9.78 Å². The van der Waals surface area contributed by atoms with Crippen LogP contribution in [0, 0.1) is 0 Å². The van der Waals surface area contributed by atoms with Gasteiger partial charge in [0.25, 0.3) is 0 Å². The maximum Gasteiger partial charge on any atom is 0.0767 e. The second-order valence-electron chi connectivity index (χ2n) is 3.94. The Labute approximate surface area is 110 Å². The highest BCUT2D eigenvalue weighted by molar-refractivity contribution is 9.10. The summed E-state index contributed by atoms with van der Waals surface area (Å²) in [6, 6.07) is 0. The van der Waals surface area contributed by atoms with Gasteiger partial charge in [0.05, 0.1) is 22.0 Å². The number of aliphatic hydroxyl groups is 1. The zero-order chi connectivity index (χ0) is 12.3. The fourth-order valence-corrected chi connectivity index (χ4v) is 3.30. The van der Waals surface area contributed by atoms with Crippen molar-refractivity contribution in [2.45, 2.75) is 44.3 Å². The Bertz CT molecular complexity index is 352. The summed E-state index contributed by atoms with van der Waals surface area (Å²) in [6.45, 7) is 5.97. The topological polar surface area (TPSA) is 38.0 Å². The molecule has 0 aliphatic carbocycles.